The van der Waals surface area contributed by atoms with Crippen LogP contribution in [0.2, 0.25) is 0 Å². The van der Waals surface area contributed by atoms with E-state index in [1.165, 1.54) is 0 Å². The van der Waals surface area contributed by atoms with Gasteiger partial charge < -0.3 is 15.7 Å². The minimum Gasteiger partial charge on any atom is -0.395 e. The predicted molar refractivity (Wildman–Crippen MR) is 80.4 cm³/mol. The van der Waals surface area contributed by atoms with Crippen LogP contribution in [0.3, 0.4) is 0 Å². The SMILES string of the molecule is NCC1CCCCC1C(=O)N(CCO)C1CCS(=O)(=O)C1. The van der Waals surface area contributed by atoms with Gasteiger partial charge in [0.1, 0.15) is 0 Å². The number of sulfone groups is 1. The highest BCUT2D eigenvalue weighted by atomic mass is 32.2. The Kier molecular flexibility index (Phi) is 5.62. The molecule has 0 aromatic carbocycles. The fraction of sp³-hybridized carbons (Fsp3) is 0.929. The van der Waals surface area contributed by atoms with Crippen molar-refractivity contribution in [3.8, 4) is 0 Å². The maximum absolute atomic E-state index is 12.8. The monoisotopic (exact) mass is 318 g/mol. The molecule has 1 aliphatic carbocycles. The van der Waals surface area contributed by atoms with Crippen molar-refractivity contribution in [3.63, 3.8) is 0 Å². The maximum Gasteiger partial charge on any atom is 0.226 e. The van der Waals surface area contributed by atoms with Crippen LogP contribution in [0.15, 0.2) is 0 Å². The fourth-order valence-corrected chi connectivity index (χ4v) is 5.36. The van der Waals surface area contributed by atoms with Crippen LogP contribution in [0.4, 0.5) is 0 Å². The molecule has 21 heavy (non-hydrogen) atoms. The normalized spacial score (nSPS) is 32.0. The molecule has 1 saturated carbocycles. The zero-order valence-electron chi connectivity index (χ0n) is 12.4. The number of hydrogen-bond donors (Lipinski definition) is 2. The summed E-state index contributed by atoms with van der Waals surface area (Å²) in [5, 5.41) is 9.23. The minimum atomic E-state index is -3.04. The molecule has 0 bridgehead atoms. The van der Waals surface area contributed by atoms with Gasteiger partial charge in [0.15, 0.2) is 9.84 Å². The minimum absolute atomic E-state index is 0.0127. The van der Waals surface area contributed by atoms with Gasteiger partial charge in [-0.25, -0.2) is 8.42 Å². The van der Waals surface area contributed by atoms with E-state index in [1.807, 2.05) is 0 Å². The standard InChI is InChI=1S/C14H26N2O4S/c15-9-11-3-1-2-4-13(11)14(18)16(6-7-17)12-5-8-21(19,20)10-12/h11-13,17H,1-10,15H2. The lowest BCUT2D eigenvalue weighted by Gasteiger charge is -2.36. The summed E-state index contributed by atoms with van der Waals surface area (Å²) in [6.45, 7) is 0.571. The van der Waals surface area contributed by atoms with Crippen molar-refractivity contribution in [1.29, 1.82) is 0 Å². The van der Waals surface area contributed by atoms with Gasteiger partial charge in [-0.3, -0.25) is 4.79 Å². The van der Waals surface area contributed by atoms with Crippen molar-refractivity contribution in [2.45, 2.75) is 38.1 Å². The van der Waals surface area contributed by atoms with E-state index >= 15 is 0 Å². The Morgan fingerprint density at radius 2 is 1.95 bits per heavy atom. The first-order valence-corrected chi connectivity index (χ1v) is 9.62. The zero-order chi connectivity index (χ0) is 15.5. The van der Waals surface area contributed by atoms with Crippen molar-refractivity contribution in [2.75, 3.05) is 31.2 Å². The summed E-state index contributed by atoms with van der Waals surface area (Å²) >= 11 is 0. The van der Waals surface area contributed by atoms with Crippen molar-refractivity contribution >= 4 is 15.7 Å². The van der Waals surface area contributed by atoms with Gasteiger partial charge in [-0.15, -0.1) is 0 Å². The van der Waals surface area contributed by atoms with Crippen molar-refractivity contribution < 1.29 is 18.3 Å². The molecule has 3 N–H and O–H groups in total. The summed E-state index contributed by atoms with van der Waals surface area (Å²) in [5.74, 6) is 0.224. The first-order valence-electron chi connectivity index (χ1n) is 7.80. The molecule has 0 spiro atoms. The third-order valence-electron chi connectivity index (χ3n) is 4.80. The second-order valence-corrected chi connectivity index (χ2v) is 8.43. The number of nitrogens with two attached hydrogens (primary N) is 1. The van der Waals surface area contributed by atoms with E-state index < -0.39 is 9.84 Å². The number of aliphatic hydroxyl groups excluding tert-OH is 1. The molecule has 1 aliphatic heterocycles. The third-order valence-corrected chi connectivity index (χ3v) is 6.55. The van der Waals surface area contributed by atoms with Gasteiger partial charge in [0.05, 0.1) is 18.1 Å². The van der Waals surface area contributed by atoms with E-state index in [-0.39, 0.29) is 48.4 Å². The second kappa shape index (κ2) is 7.07. The molecule has 1 heterocycles. The molecule has 3 atom stereocenters. The molecule has 0 aromatic rings. The molecule has 2 aliphatic rings. The van der Waals surface area contributed by atoms with E-state index in [9.17, 15) is 18.3 Å². The van der Waals surface area contributed by atoms with E-state index in [1.54, 1.807) is 4.90 Å². The van der Waals surface area contributed by atoms with Crippen molar-refractivity contribution in [2.24, 2.45) is 17.6 Å². The van der Waals surface area contributed by atoms with E-state index in [0.29, 0.717) is 13.0 Å². The van der Waals surface area contributed by atoms with Crippen LogP contribution in [-0.4, -0.2) is 61.6 Å². The largest absolute Gasteiger partial charge is 0.395 e. The Morgan fingerprint density at radius 3 is 2.52 bits per heavy atom. The summed E-state index contributed by atoms with van der Waals surface area (Å²) in [6.07, 6.45) is 4.38. The highest BCUT2D eigenvalue weighted by Gasteiger charge is 2.39. The van der Waals surface area contributed by atoms with Gasteiger partial charge in [0, 0.05) is 18.5 Å². The number of carbonyl (C=O) groups excluding carboxylic acids is 1. The summed E-state index contributed by atoms with van der Waals surface area (Å²) in [7, 11) is -3.04. The fourth-order valence-electron chi connectivity index (χ4n) is 3.63. The lowest BCUT2D eigenvalue weighted by atomic mass is 9.78. The average molecular weight is 318 g/mol. The Labute approximate surface area is 126 Å². The third kappa shape index (κ3) is 3.96. The molecule has 7 heteroatoms. The number of amides is 1. The molecule has 1 saturated heterocycles. The van der Waals surface area contributed by atoms with Crippen LogP contribution in [0.1, 0.15) is 32.1 Å². The predicted octanol–water partition coefficient (Wildman–Crippen LogP) is -0.240. The summed E-state index contributed by atoms with van der Waals surface area (Å²) < 4.78 is 23.3. The van der Waals surface area contributed by atoms with Crippen LogP contribution in [0.25, 0.3) is 0 Å². The lowest BCUT2D eigenvalue weighted by molar-refractivity contribution is -0.141. The summed E-state index contributed by atoms with van der Waals surface area (Å²) in [6, 6.07) is -0.282. The van der Waals surface area contributed by atoms with Crippen molar-refractivity contribution in [1.82, 2.24) is 4.90 Å². The van der Waals surface area contributed by atoms with Gasteiger partial charge in [-0.05, 0) is 31.7 Å². The topological polar surface area (TPSA) is 101 Å². The molecular formula is C14H26N2O4S. The van der Waals surface area contributed by atoms with Crippen LogP contribution in [0.5, 0.6) is 0 Å². The maximum atomic E-state index is 12.8. The van der Waals surface area contributed by atoms with E-state index in [4.69, 9.17) is 5.73 Å². The van der Waals surface area contributed by atoms with E-state index in [2.05, 4.69) is 0 Å². The lowest BCUT2D eigenvalue weighted by Crippen LogP contribution is -2.48. The van der Waals surface area contributed by atoms with Gasteiger partial charge in [-0.2, -0.15) is 0 Å². The Morgan fingerprint density at radius 1 is 1.24 bits per heavy atom. The molecule has 6 nitrogen and oxygen atoms in total. The number of carbonyl (C=O) groups is 1. The zero-order valence-corrected chi connectivity index (χ0v) is 13.2. The molecule has 0 radical (unpaired) electrons. The number of hydrogen-bond acceptors (Lipinski definition) is 5. The molecule has 2 fully saturated rings. The van der Waals surface area contributed by atoms with E-state index in [0.717, 1.165) is 25.7 Å². The molecular weight excluding hydrogens is 292 g/mol. The average Bonchev–Trinajstić information content (AvgIpc) is 2.84. The smallest absolute Gasteiger partial charge is 0.226 e. The van der Waals surface area contributed by atoms with Gasteiger partial charge in [0.2, 0.25) is 5.91 Å². The molecule has 2 rings (SSSR count). The number of rotatable bonds is 5. The van der Waals surface area contributed by atoms with Crippen LogP contribution >= 0.6 is 0 Å². The van der Waals surface area contributed by atoms with Crippen LogP contribution in [0, 0.1) is 11.8 Å². The van der Waals surface area contributed by atoms with Crippen LogP contribution in [-0.2, 0) is 14.6 Å². The Bertz CT molecular complexity index is 466. The first kappa shape index (κ1) is 16.7. The van der Waals surface area contributed by atoms with Gasteiger partial charge in [-0.1, -0.05) is 12.8 Å². The molecule has 3 unspecified atom stereocenters. The summed E-state index contributed by atoms with van der Waals surface area (Å²) in [5.41, 5.74) is 5.79. The highest BCUT2D eigenvalue weighted by molar-refractivity contribution is 7.91. The number of nitrogens with zero attached hydrogens (tertiary/aromatic N) is 1. The van der Waals surface area contributed by atoms with Gasteiger partial charge in [0.25, 0.3) is 0 Å². The molecule has 122 valence electrons. The molecule has 0 aromatic heterocycles. The second-order valence-electron chi connectivity index (χ2n) is 6.20. The Hall–Kier alpha value is -0.660. The quantitative estimate of drug-likeness (QED) is 0.728. The van der Waals surface area contributed by atoms with Crippen molar-refractivity contribution in [3.05, 3.63) is 0 Å². The summed E-state index contributed by atoms with van der Waals surface area (Å²) in [4.78, 5) is 14.4. The number of aliphatic hydroxyl groups is 1. The first-order chi connectivity index (χ1) is 9.98. The molecule has 1 amide bonds. The Balaban J connectivity index is 2.11. The van der Waals surface area contributed by atoms with Crippen LogP contribution < -0.4 is 5.73 Å². The van der Waals surface area contributed by atoms with Gasteiger partial charge >= 0.3 is 0 Å². The highest BCUT2D eigenvalue weighted by Crippen LogP contribution is 2.32.